The summed E-state index contributed by atoms with van der Waals surface area (Å²) in [5.41, 5.74) is 0. The number of halogens is 4. The Labute approximate surface area is 125 Å². The van der Waals surface area contributed by atoms with Crippen molar-refractivity contribution in [1.82, 2.24) is 0 Å². The van der Waals surface area contributed by atoms with Gasteiger partial charge in [0.2, 0.25) is 0 Å². The molecule has 0 aliphatic carbocycles. The first kappa shape index (κ1) is 19.2. The zero-order chi connectivity index (χ0) is 14.2. The molecule has 3 atom stereocenters. The van der Waals surface area contributed by atoms with Crippen LogP contribution in [-0.2, 0) is 18.6 Å². The summed E-state index contributed by atoms with van der Waals surface area (Å²) in [6.45, 7) is -0.519. The van der Waals surface area contributed by atoms with E-state index in [1.54, 1.807) is 0 Å². The Bertz CT molecular complexity index is 244. The maximum absolute atomic E-state index is 10.6. The molecule has 0 aliphatic rings. The number of rotatable bonds is 10. The molecule has 3 unspecified atom stereocenters. The SMILES string of the molecule is O=[PH](O)OC(O)(OCC(Cl)CCl)OCC(Cl)CCl. The molecular formula is C7H13Cl4O6P. The van der Waals surface area contributed by atoms with Gasteiger partial charge >= 0.3 is 14.4 Å². The van der Waals surface area contributed by atoms with Crippen LogP contribution in [0.3, 0.4) is 0 Å². The molecule has 0 spiro atoms. The average molecular weight is 366 g/mol. The predicted octanol–water partition coefficient (Wildman–Crippen LogP) is 1.71. The minimum atomic E-state index is -3.50. The topological polar surface area (TPSA) is 85.2 Å². The second-order valence-corrected chi connectivity index (χ2v) is 5.60. The molecular weight excluding hydrogens is 353 g/mol. The van der Waals surface area contributed by atoms with Crippen molar-refractivity contribution in [1.29, 1.82) is 0 Å². The first-order valence-electron chi connectivity index (χ1n) is 4.65. The summed E-state index contributed by atoms with van der Waals surface area (Å²) in [5.74, 6) is 0.0948. The van der Waals surface area contributed by atoms with Crippen LogP contribution in [0.2, 0.25) is 0 Å². The molecule has 2 N–H and O–H groups in total. The largest absolute Gasteiger partial charge is 0.417 e. The fraction of sp³-hybridized carbons (Fsp3) is 1.00. The van der Waals surface area contributed by atoms with Crippen molar-refractivity contribution in [2.24, 2.45) is 0 Å². The van der Waals surface area contributed by atoms with E-state index >= 15 is 0 Å². The van der Waals surface area contributed by atoms with Gasteiger partial charge < -0.3 is 19.5 Å². The van der Waals surface area contributed by atoms with E-state index < -0.39 is 25.2 Å². The maximum Gasteiger partial charge on any atom is 0.417 e. The number of alkyl halides is 4. The lowest BCUT2D eigenvalue weighted by Crippen LogP contribution is -2.40. The van der Waals surface area contributed by atoms with Crippen molar-refractivity contribution < 1.29 is 28.6 Å². The van der Waals surface area contributed by atoms with Gasteiger partial charge in [-0.3, -0.25) is 4.57 Å². The molecule has 0 aromatic rings. The summed E-state index contributed by atoms with van der Waals surface area (Å²) < 4.78 is 24.3. The number of ether oxygens (including phenoxy) is 2. The molecule has 0 fully saturated rings. The van der Waals surface area contributed by atoms with Crippen LogP contribution in [0, 0.1) is 0 Å². The van der Waals surface area contributed by atoms with Crippen LogP contribution in [0.25, 0.3) is 0 Å². The van der Waals surface area contributed by atoms with Gasteiger partial charge in [-0.15, -0.1) is 46.4 Å². The number of aliphatic hydroxyl groups is 1. The highest BCUT2D eigenvalue weighted by Crippen LogP contribution is 2.27. The molecule has 0 saturated carbocycles. The zero-order valence-electron chi connectivity index (χ0n) is 9.02. The molecule has 0 rings (SSSR count). The van der Waals surface area contributed by atoms with Crippen molar-refractivity contribution in [2.45, 2.75) is 16.9 Å². The molecule has 11 heteroatoms. The highest BCUT2D eigenvalue weighted by Gasteiger charge is 2.35. The predicted molar refractivity (Wildman–Crippen MR) is 69.9 cm³/mol. The summed E-state index contributed by atoms with van der Waals surface area (Å²) in [6, 6.07) is 0. The zero-order valence-corrected chi connectivity index (χ0v) is 13.0. The molecule has 0 heterocycles. The Kier molecular flexibility index (Phi) is 10.7. The molecule has 110 valence electrons. The van der Waals surface area contributed by atoms with Crippen molar-refractivity contribution in [3.63, 3.8) is 0 Å². The van der Waals surface area contributed by atoms with E-state index in [0.717, 1.165) is 0 Å². The van der Waals surface area contributed by atoms with Gasteiger partial charge in [0.15, 0.2) is 0 Å². The van der Waals surface area contributed by atoms with Gasteiger partial charge in [0.25, 0.3) is 0 Å². The van der Waals surface area contributed by atoms with Gasteiger partial charge in [-0.1, -0.05) is 0 Å². The third-order valence-electron chi connectivity index (χ3n) is 1.44. The molecule has 0 amide bonds. The number of hydrogen-bond acceptors (Lipinski definition) is 5. The highest BCUT2D eigenvalue weighted by molar-refractivity contribution is 7.32. The Balaban J connectivity index is 4.37. The fourth-order valence-electron chi connectivity index (χ4n) is 0.691. The van der Waals surface area contributed by atoms with Crippen LogP contribution in [0.5, 0.6) is 0 Å². The molecule has 0 aromatic heterocycles. The van der Waals surface area contributed by atoms with Crippen molar-refractivity contribution in [3.05, 3.63) is 0 Å². The second kappa shape index (κ2) is 10.00. The Morgan fingerprint density at radius 1 is 1.11 bits per heavy atom. The summed E-state index contributed by atoms with van der Waals surface area (Å²) in [5, 5.41) is 8.40. The fourth-order valence-corrected chi connectivity index (χ4v) is 1.33. The van der Waals surface area contributed by atoms with E-state index in [9.17, 15) is 9.67 Å². The smallest absolute Gasteiger partial charge is 0.326 e. The molecule has 0 aromatic carbocycles. The third-order valence-corrected chi connectivity index (χ3v) is 3.50. The van der Waals surface area contributed by atoms with Gasteiger partial charge in [0.05, 0.1) is 24.0 Å². The standard InChI is InChI=1S/C7H13Cl4O6P/c8-1-5(10)3-15-7(12,17-18(13)14)16-4-6(11)2-9/h5-6,12,18H,1-4H2,(H,13,14). The van der Waals surface area contributed by atoms with Crippen LogP contribution in [0.15, 0.2) is 0 Å². The van der Waals surface area contributed by atoms with Crippen LogP contribution in [0.1, 0.15) is 0 Å². The summed E-state index contributed by atoms with van der Waals surface area (Å²) in [6.07, 6.45) is -2.72. The minimum Gasteiger partial charge on any atom is -0.326 e. The maximum atomic E-state index is 10.6. The van der Waals surface area contributed by atoms with E-state index in [0.29, 0.717) is 0 Å². The molecule has 0 bridgehead atoms. The van der Waals surface area contributed by atoms with Crippen LogP contribution in [0.4, 0.5) is 0 Å². The van der Waals surface area contributed by atoms with Gasteiger partial charge in [-0.05, 0) is 0 Å². The Morgan fingerprint density at radius 3 is 1.78 bits per heavy atom. The lowest BCUT2D eigenvalue weighted by molar-refractivity contribution is -0.455. The van der Waals surface area contributed by atoms with Gasteiger partial charge in [0, 0.05) is 11.8 Å². The van der Waals surface area contributed by atoms with Crippen molar-refractivity contribution in [3.8, 4) is 0 Å². The Hall–Kier alpha value is 1.19. The van der Waals surface area contributed by atoms with Gasteiger partial charge in [-0.25, -0.2) is 4.52 Å². The van der Waals surface area contributed by atoms with Crippen LogP contribution in [-0.4, -0.2) is 51.9 Å². The van der Waals surface area contributed by atoms with Crippen LogP contribution < -0.4 is 0 Å². The van der Waals surface area contributed by atoms with E-state index in [2.05, 4.69) is 4.52 Å². The minimum absolute atomic E-state index is 0.0474. The van der Waals surface area contributed by atoms with Crippen LogP contribution >= 0.6 is 54.7 Å². The molecule has 0 aliphatic heterocycles. The third kappa shape index (κ3) is 9.15. The highest BCUT2D eigenvalue weighted by atomic mass is 35.5. The molecule has 0 saturated heterocycles. The first-order chi connectivity index (χ1) is 8.33. The summed E-state index contributed by atoms with van der Waals surface area (Å²) in [7, 11) is -3.50. The quantitative estimate of drug-likeness (QED) is 0.348. The average Bonchev–Trinajstić information content (AvgIpc) is 2.32. The van der Waals surface area contributed by atoms with Gasteiger partial charge in [-0.2, -0.15) is 0 Å². The van der Waals surface area contributed by atoms with Crippen molar-refractivity contribution >= 4 is 54.7 Å². The van der Waals surface area contributed by atoms with E-state index in [1.807, 2.05) is 0 Å². The molecule has 0 radical (unpaired) electrons. The normalized spacial score (nSPS) is 20.1. The first-order valence-corrected chi connectivity index (χ1v) is 7.85. The van der Waals surface area contributed by atoms with E-state index in [4.69, 9.17) is 60.8 Å². The Morgan fingerprint density at radius 2 is 1.50 bits per heavy atom. The molecule has 18 heavy (non-hydrogen) atoms. The van der Waals surface area contributed by atoms with Gasteiger partial charge in [0.1, 0.15) is 0 Å². The number of hydrogen-bond donors (Lipinski definition) is 2. The lowest BCUT2D eigenvalue weighted by Gasteiger charge is -2.26. The molecule has 6 nitrogen and oxygen atoms in total. The summed E-state index contributed by atoms with van der Waals surface area (Å²) in [4.78, 5) is 8.62. The second-order valence-electron chi connectivity index (χ2n) is 3.02. The van der Waals surface area contributed by atoms with E-state index in [-0.39, 0.29) is 25.0 Å². The summed E-state index contributed by atoms with van der Waals surface area (Å²) >= 11 is 22.1. The lowest BCUT2D eigenvalue weighted by atomic mass is 10.5. The van der Waals surface area contributed by atoms with Crippen molar-refractivity contribution in [2.75, 3.05) is 25.0 Å². The monoisotopic (exact) mass is 364 g/mol. The van der Waals surface area contributed by atoms with E-state index in [1.165, 1.54) is 0 Å².